The van der Waals surface area contributed by atoms with Crippen LogP contribution in [0.1, 0.15) is 31.2 Å². The predicted molar refractivity (Wildman–Crippen MR) is 66.7 cm³/mol. The fourth-order valence-electron chi connectivity index (χ4n) is 4.04. The van der Waals surface area contributed by atoms with Crippen molar-refractivity contribution in [2.45, 2.75) is 36.8 Å². The third-order valence-corrected chi connectivity index (χ3v) is 5.11. The number of nitrogens with one attached hydrogen (secondary N) is 1. The van der Waals surface area contributed by atoms with Crippen molar-refractivity contribution in [3.05, 3.63) is 35.6 Å². The molecule has 0 bridgehead atoms. The van der Waals surface area contributed by atoms with Crippen LogP contribution in [0.25, 0.3) is 0 Å². The fraction of sp³-hybridized carbons (Fsp3) is 0.600. The van der Waals surface area contributed by atoms with Crippen molar-refractivity contribution in [3.63, 3.8) is 0 Å². The highest BCUT2D eigenvalue weighted by molar-refractivity contribution is 5.35. The Bertz CT molecular complexity index is 483. The molecule has 18 heavy (non-hydrogen) atoms. The molecule has 1 N–H and O–H groups in total. The lowest BCUT2D eigenvalue weighted by Gasteiger charge is -2.36. The number of hydrogen-bond acceptors (Lipinski definition) is 2. The summed E-state index contributed by atoms with van der Waals surface area (Å²) >= 11 is 0. The first-order chi connectivity index (χ1) is 8.73. The number of fused-ring (bicyclic) bond motifs is 1. The van der Waals surface area contributed by atoms with Crippen molar-refractivity contribution in [3.8, 4) is 0 Å². The minimum Gasteiger partial charge on any atom is -0.359 e. The van der Waals surface area contributed by atoms with Crippen molar-refractivity contribution in [2.75, 3.05) is 13.2 Å². The lowest BCUT2D eigenvalue weighted by atomic mass is 9.79. The summed E-state index contributed by atoms with van der Waals surface area (Å²) in [5.41, 5.74) is 1.39. The summed E-state index contributed by atoms with van der Waals surface area (Å²) in [6, 6.07) is 7.18. The topological polar surface area (TPSA) is 21.3 Å². The second-order valence-corrected chi connectivity index (χ2v) is 6.04. The standard InChI is InChI=1S/C15H18FNO/c16-13-3-1-2-11(8-13)14-4-5-15(10-12(14)9-14)17-6-7-18-15/h1-3,8,12,17H,4-7,9-10H2. The molecule has 0 radical (unpaired) electrons. The van der Waals surface area contributed by atoms with Crippen LogP contribution < -0.4 is 5.32 Å². The van der Waals surface area contributed by atoms with Gasteiger partial charge >= 0.3 is 0 Å². The summed E-state index contributed by atoms with van der Waals surface area (Å²) in [7, 11) is 0. The van der Waals surface area contributed by atoms with Crippen LogP contribution in [0.4, 0.5) is 4.39 Å². The monoisotopic (exact) mass is 247 g/mol. The van der Waals surface area contributed by atoms with E-state index in [4.69, 9.17) is 4.74 Å². The van der Waals surface area contributed by atoms with Gasteiger partial charge in [-0.2, -0.15) is 0 Å². The molecule has 1 aliphatic heterocycles. The second-order valence-electron chi connectivity index (χ2n) is 6.04. The maximum absolute atomic E-state index is 13.4. The van der Waals surface area contributed by atoms with Crippen LogP contribution >= 0.6 is 0 Å². The summed E-state index contributed by atoms with van der Waals surface area (Å²) in [6.45, 7) is 1.80. The summed E-state index contributed by atoms with van der Waals surface area (Å²) in [5.74, 6) is 0.557. The van der Waals surface area contributed by atoms with Gasteiger partial charge in [0.15, 0.2) is 0 Å². The molecule has 1 saturated heterocycles. The fourth-order valence-corrected chi connectivity index (χ4v) is 4.04. The maximum Gasteiger partial charge on any atom is 0.123 e. The van der Waals surface area contributed by atoms with E-state index in [0.717, 1.165) is 32.4 Å². The van der Waals surface area contributed by atoms with Gasteiger partial charge in [-0.1, -0.05) is 12.1 Å². The van der Waals surface area contributed by atoms with Gasteiger partial charge in [0.2, 0.25) is 0 Å². The molecule has 0 aromatic heterocycles. The summed E-state index contributed by atoms with van der Waals surface area (Å²) in [6.07, 6.45) is 4.46. The van der Waals surface area contributed by atoms with Crippen LogP contribution in [0, 0.1) is 11.7 Å². The molecular formula is C15H18FNO. The minimum atomic E-state index is -0.108. The summed E-state index contributed by atoms with van der Waals surface area (Å²) in [4.78, 5) is 0. The highest BCUT2D eigenvalue weighted by Gasteiger charge is 2.61. The predicted octanol–water partition coefficient (Wildman–Crippen LogP) is 2.58. The number of ether oxygens (including phenoxy) is 1. The zero-order chi connectivity index (χ0) is 12.2. The van der Waals surface area contributed by atoms with Crippen molar-refractivity contribution in [2.24, 2.45) is 5.92 Å². The smallest absolute Gasteiger partial charge is 0.123 e. The summed E-state index contributed by atoms with van der Waals surface area (Å²) in [5, 5.41) is 3.51. The van der Waals surface area contributed by atoms with Crippen molar-refractivity contribution >= 4 is 0 Å². The Morgan fingerprint density at radius 2 is 2.22 bits per heavy atom. The van der Waals surface area contributed by atoms with Gasteiger partial charge in [0.25, 0.3) is 0 Å². The van der Waals surface area contributed by atoms with Crippen molar-refractivity contribution in [1.29, 1.82) is 0 Å². The van der Waals surface area contributed by atoms with Gasteiger partial charge < -0.3 is 4.74 Å². The van der Waals surface area contributed by atoms with E-state index in [-0.39, 0.29) is 17.0 Å². The molecule has 1 aromatic rings. The Kier molecular flexibility index (Phi) is 2.16. The molecule has 1 aromatic carbocycles. The number of rotatable bonds is 1. The maximum atomic E-state index is 13.4. The Balaban J connectivity index is 1.59. The van der Waals surface area contributed by atoms with E-state index in [1.807, 2.05) is 6.07 Å². The molecule has 1 heterocycles. The molecule has 4 rings (SSSR count). The van der Waals surface area contributed by atoms with E-state index >= 15 is 0 Å². The van der Waals surface area contributed by atoms with Crippen LogP contribution in [-0.4, -0.2) is 18.9 Å². The molecule has 2 saturated carbocycles. The zero-order valence-electron chi connectivity index (χ0n) is 10.4. The third-order valence-electron chi connectivity index (χ3n) is 5.11. The van der Waals surface area contributed by atoms with Crippen molar-refractivity contribution < 1.29 is 9.13 Å². The zero-order valence-corrected chi connectivity index (χ0v) is 10.4. The van der Waals surface area contributed by atoms with Crippen LogP contribution in [0.2, 0.25) is 0 Å². The molecule has 3 aliphatic rings. The van der Waals surface area contributed by atoms with E-state index in [1.165, 1.54) is 18.1 Å². The van der Waals surface area contributed by atoms with E-state index in [2.05, 4.69) is 11.4 Å². The quantitative estimate of drug-likeness (QED) is 0.823. The number of hydrogen-bond donors (Lipinski definition) is 1. The normalized spacial score (nSPS) is 41.9. The molecule has 3 unspecified atom stereocenters. The molecule has 3 fully saturated rings. The van der Waals surface area contributed by atoms with Gasteiger partial charge in [-0.3, -0.25) is 5.32 Å². The molecule has 3 heteroatoms. The van der Waals surface area contributed by atoms with Gasteiger partial charge in [-0.25, -0.2) is 4.39 Å². The Morgan fingerprint density at radius 3 is 2.94 bits per heavy atom. The van der Waals surface area contributed by atoms with Crippen LogP contribution in [0.5, 0.6) is 0 Å². The molecule has 2 aliphatic carbocycles. The van der Waals surface area contributed by atoms with Crippen molar-refractivity contribution in [1.82, 2.24) is 5.32 Å². The minimum absolute atomic E-state index is 0.0575. The molecule has 3 atom stereocenters. The first-order valence-electron chi connectivity index (χ1n) is 6.88. The lowest BCUT2D eigenvalue weighted by Crippen LogP contribution is -2.45. The summed E-state index contributed by atoms with van der Waals surface area (Å²) < 4.78 is 19.3. The molecule has 1 spiro atoms. The van der Waals surface area contributed by atoms with Gasteiger partial charge in [0.1, 0.15) is 11.5 Å². The van der Waals surface area contributed by atoms with E-state index in [1.54, 1.807) is 6.07 Å². The molecule has 96 valence electrons. The molecule has 2 nitrogen and oxygen atoms in total. The molecule has 0 amide bonds. The van der Waals surface area contributed by atoms with Crippen LogP contribution in [0.3, 0.4) is 0 Å². The van der Waals surface area contributed by atoms with E-state index in [9.17, 15) is 4.39 Å². The first kappa shape index (κ1) is 10.9. The van der Waals surface area contributed by atoms with Crippen LogP contribution in [0.15, 0.2) is 24.3 Å². The Labute approximate surface area is 107 Å². The largest absolute Gasteiger partial charge is 0.359 e. The third kappa shape index (κ3) is 1.47. The average Bonchev–Trinajstić information content (AvgIpc) is 2.93. The van der Waals surface area contributed by atoms with Gasteiger partial charge in [0, 0.05) is 6.54 Å². The second kappa shape index (κ2) is 3.55. The number of halogens is 1. The molecular weight excluding hydrogens is 229 g/mol. The van der Waals surface area contributed by atoms with Gasteiger partial charge in [0.05, 0.1) is 6.61 Å². The SMILES string of the molecule is Fc1cccc(C23CCC4(CC2C3)NCCO4)c1. The van der Waals surface area contributed by atoms with E-state index in [0.29, 0.717) is 5.92 Å². The Hall–Kier alpha value is -0.930. The first-order valence-corrected chi connectivity index (χ1v) is 6.88. The average molecular weight is 247 g/mol. The number of benzene rings is 1. The lowest BCUT2D eigenvalue weighted by molar-refractivity contribution is -0.0442. The van der Waals surface area contributed by atoms with Gasteiger partial charge in [-0.15, -0.1) is 0 Å². The highest BCUT2D eigenvalue weighted by atomic mass is 19.1. The van der Waals surface area contributed by atoms with Gasteiger partial charge in [-0.05, 0) is 54.7 Å². The Morgan fingerprint density at radius 1 is 1.28 bits per heavy atom. The highest BCUT2D eigenvalue weighted by Crippen LogP contribution is 2.64. The van der Waals surface area contributed by atoms with Crippen LogP contribution in [-0.2, 0) is 10.2 Å². The van der Waals surface area contributed by atoms with E-state index < -0.39 is 0 Å².